The molecule has 0 bridgehead atoms. The highest BCUT2D eigenvalue weighted by Crippen LogP contribution is 2.12. The van der Waals surface area contributed by atoms with E-state index < -0.39 is 6.10 Å². The van der Waals surface area contributed by atoms with Crippen LogP contribution < -0.4 is 16.6 Å². The van der Waals surface area contributed by atoms with E-state index in [0.717, 1.165) is 0 Å². The van der Waals surface area contributed by atoms with Crippen molar-refractivity contribution in [2.24, 2.45) is 0 Å². The van der Waals surface area contributed by atoms with Gasteiger partial charge in [-0.1, -0.05) is 6.92 Å². The quantitative estimate of drug-likeness (QED) is 0.596. The molecule has 1 unspecified atom stereocenters. The summed E-state index contributed by atoms with van der Waals surface area (Å²) in [6.45, 7) is 2.23. The number of anilines is 2. The number of aromatic amines is 1. The summed E-state index contributed by atoms with van der Waals surface area (Å²) in [5, 5.41) is 12.8. The fourth-order valence-electron chi connectivity index (χ4n) is 1.60. The fourth-order valence-corrected chi connectivity index (χ4v) is 1.60. The van der Waals surface area contributed by atoms with Crippen molar-refractivity contribution in [2.75, 3.05) is 17.6 Å². The Kier molecular flexibility index (Phi) is 3.47. The highest BCUT2D eigenvalue weighted by molar-refractivity contribution is 5.81. The van der Waals surface area contributed by atoms with Gasteiger partial charge in [0.1, 0.15) is 0 Å². The van der Waals surface area contributed by atoms with Gasteiger partial charge in [-0.05, 0) is 24.6 Å². The molecule has 0 amide bonds. The number of H-pyrrole nitrogens is 1. The second kappa shape index (κ2) is 5.05. The second-order valence-corrected chi connectivity index (χ2v) is 4.13. The van der Waals surface area contributed by atoms with Crippen molar-refractivity contribution in [1.82, 2.24) is 9.97 Å². The molecule has 5 N–H and O–H groups in total. The molecule has 96 valence electrons. The highest BCUT2D eigenvalue weighted by Gasteiger charge is 2.05. The van der Waals surface area contributed by atoms with E-state index in [2.05, 4.69) is 15.3 Å². The Balaban J connectivity index is 2.32. The lowest BCUT2D eigenvalue weighted by molar-refractivity contribution is 0.183. The van der Waals surface area contributed by atoms with Gasteiger partial charge in [-0.3, -0.25) is 9.78 Å². The minimum atomic E-state index is -0.461. The molecular formula is C12H16N4O2. The number of aliphatic hydroxyl groups is 1. The summed E-state index contributed by atoms with van der Waals surface area (Å²) in [5.74, 6) is 0.352. The van der Waals surface area contributed by atoms with E-state index in [0.29, 0.717) is 35.5 Å². The van der Waals surface area contributed by atoms with Gasteiger partial charge in [0.15, 0.2) is 0 Å². The van der Waals surface area contributed by atoms with E-state index in [1.165, 1.54) is 0 Å². The topological polar surface area (TPSA) is 104 Å². The fraction of sp³-hybridized carbons (Fsp3) is 0.333. The van der Waals surface area contributed by atoms with E-state index in [9.17, 15) is 9.90 Å². The standard InChI is InChI=1S/C12H16N4O2/c1-2-8(17)6-14-12-15-10-4-3-7(13)5-9(10)11(18)16-12/h3-5,8,17H,2,6,13H2,1H3,(H2,14,15,16,18). The van der Waals surface area contributed by atoms with Gasteiger partial charge in [0.2, 0.25) is 5.95 Å². The van der Waals surface area contributed by atoms with Gasteiger partial charge in [0, 0.05) is 12.2 Å². The zero-order valence-corrected chi connectivity index (χ0v) is 10.1. The van der Waals surface area contributed by atoms with Crippen LogP contribution >= 0.6 is 0 Å². The van der Waals surface area contributed by atoms with Gasteiger partial charge < -0.3 is 16.2 Å². The zero-order chi connectivity index (χ0) is 13.1. The number of nitrogen functional groups attached to an aromatic ring is 1. The number of hydrogen-bond donors (Lipinski definition) is 4. The molecule has 1 aromatic heterocycles. The van der Waals surface area contributed by atoms with Crippen LogP contribution in [0.3, 0.4) is 0 Å². The van der Waals surface area contributed by atoms with Crippen molar-refractivity contribution in [3.8, 4) is 0 Å². The third kappa shape index (κ3) is 2.60. The van der Waals surface area contributed by atoms with Crippen LogP contribution in [0.4, 0.5) is 11.6 Å². The van der Waals surface area contributed by atoms with Crippen LogP contribution in [0.2, 0.25) is 0 Å². The molecule has 6 nitrogen and oxygen atoms in total. The first-order chi connectivity index (χ1) is 8.60. The van der Waals surface area contributed by atoms with E-state index in [1.807, 2.05) is 6.92 Å². The average molecular weight is 248 g/mol. The molecule has 0 spiro atoms. The van der Waals surface area contributed by atoms with E-state index in [4.69, 9.17) is 5.73 Å². The molecule has 0 aliphatic carbocycles. The lowest BCUT2D eigenvalue weighted by Crippen LogP contribution is -2.21. The lowest BCUT2D eigenvalue weighted by Gasteiger charge is -2.10. The van der Waals surface area contributed by atoms with E-state index >= 15 is 0 Å². The molecule has 0 saturated carbocycles. The predicted octanol–water partition coefficient (Wildman–Crippen LogP) is 0.688. The Morgan fingerprint density at radius 1 is 1.56 bits per heavy atom. The Hall–Kier alpha value is -2.08. The summed E-state index contributed by atoms with van der Waals surface area (Å²) in [6, 6.07) is 4.98. The van der Waals surface area contributed by atoms with Crippen LogP contribution in [-0.4, -0.2) is 27.7 Å². The number of benzene rings is 1. The summed E-state index contributed by atoms with van der Waals surface area (Å²) < 4.78 is 0. The Morgan fingerprint density at radius 3 is 3.06 bits per heavy atom. The number of aromatic nitrogens is 2. The Bertz CT molecular complexity index is 609. The molecule has 0 radical (unpaired) electrons. The largest absolute Gasteiger partial charge is 0.399 e. The first-order valence-electron chi connectivity index (χ1n) is 5.81. The number of fused-ring (bicyclic) bond motifs is 1. The maximum Gasteiger partial charge on any atom is 0.260 e. The van der Waals surface area contributed by atoms with Gasteiger partial charge in [-0.2, -0.15) is 0 Å². The van der Waals surface area contributed by atoms with Crippen molar-refractivity contribution in [3.63, 3.8) is 0 Å². The van der Waals surface area contributed by atoms with Crippen LogP contribution in [0.1, 0.15) is 13.3 Å². The summed E-state index contributed by atoms with van der Waals surface area (Å²) in [6.07, 6.45) is 0.179. The molecule has 18 heavy (non-hydrogen) atoms. The van der Waals surface area contributed by atoms with E-state index in [1.54, 1.807) is 18.2 Å². The maximum absolute atomic E-state index is 11.8. The average Bonchev–Trinajstić information content (AvgIpc) is 2.37. The van der Waals surface area contributed by atoms with Crippen LogP contribution in [0, 0.1) is 0 Å². The number of nitrogens with zero attached hydrogens (tertiary/aromatic N) is 1. The molecule has 0 aliphatic heterocycles. The van der Waals surface area contributed by atoms with Crippen LogP contribution in [0.25, 0.3) is 10.9 Å². The van der Waals surface area contributed by atoms with E-state index in [-0.39, 0.29) is 5.56 Å². The van der Waals surface area contributed by atoms with Gasteiger partial charge in [-0.15, -0.1) is 0 Å². The molecule has 6 heteroatoms. The molecule has 2 rings (SSSR count). The summed E-state index contributed by atoms with van der Waals surface area (Å²) in [5.41, 5.74) is 6.46. The molecule has 2 aromatic rings. The number of hydrogen-bond acceptors (Lipinski definition) is 5. The van der Waals surface area contributed by atoms with Gasteiger partial charge in [-0.25, -0.2) is 4.98 Å². The lowest BCUT2D eigenvalue weighted by atomic mass is 10.2. The third-order valence-corrected chi connectivity index (χ3v) is 2.71. The zero-order valence-electron chi connectivity index (χ0n) is 10.1. The predicted molar refractivity (Wildman–Crippen MR) is 71.6 cm³/mol. The smallest absolute Gasteiger partial charge is 0.260 e. The molecular weight excluding hydrogens is 232 g/mol. The minimum absolute atomic E-state index is 0.249. The third-order valence-electron chi connectivity index (χ3n) is 2.71. The minimum Gasteiger partial charge on any atom is -0.399 e. The van der Waals surface area contributed by atoms with Crippen molar-refractivity contribution in [1.29, 1.82) is 0 Å². The van der Waals surface area contributed by atoms with Crippen LogP contribution in [0.15, 0.2) is 23.0 Å². The Labute approximate surface area is 104 Å². The Morgan fingerprint density at radius 2 is 2.33 bits per heavy atom. The first-order valence-corrected chi connectivity index (χ1v) is 5.81. The first kappa shape index (κ1) is 12.4. The van der Waals surface area contributed by atoms with Crippen molar-refractivity contribution < 1.29 is 5.11 Å². The SMILES string of the molecule is CCC(O)CNc1nc2ccc(N)cc2c(=O)[nH]1. The van der Waals surface area contributed by atoms with Crippen LogP contribution in [-0.2, 0) is 0 Å². The number of aliphatic hydroxyl groups excluding tert-OH is 1. The molecule has 0 fully saturated rings. The van der Waals surface area contributed by atoms with Gasteiger partial charge in [0.25, 0.3) is 5.56 Å². The highest BCUT2D eigenvalue weighted by atomic mass is 16.3. The van der Waals surface area contributed by atoms with Crippen molar-refractivity contribution in [2.45, 2.75) is 19.4 Å². The van der Waals surface area contributed by atoms with Crippen molar-refractivity contribution in [3.05, 3.63) is 28.6 Å². The number of nitrogens with two attached hydrogens (primary N) is 1. The summed E-state index contributed by atoms with van der Waals surface area (Å²) >= 11 is 0. The second-order valence-electron chi connectivity index (χ2n) is 4.13. The molecule has 1 heterocycles. The molecule has 0 aliphatic rings. The van der Waals surface area contributed by atoms with Crippen LogP contribution in [0.5, 0.6) is 0 Å². The number of rotatable bonds is 4. The monoisotopic (exact) mass is 248 g/mol. The normalized spacial score (nSPS) is 12.6. The maximum atomic E-state index is 11.8. The number of nitrogens with one attached hydrogen (secondary N) is 2. The van der Waals surface area contributed by atoms with Gasteiger partial charge in [0.05, 0.1) is 17.0 Å². The molecule has 1 aromatic carbocycles. The summed E-state index contributed by atoms with van der Waals surface area (Å²) in [7, 11) is 0. The van der Waals surface area contributed by atoms with Gasteiger partial charge >= 0.3 is 0 Å². The van der Waals surface area contributed by atoms with Crippen molar-refractivity contribution >= 4 is 22.5 Å². The molecule has 1 atom stereocenters. The molecule has 0 saturated heterocycles. The summed E-state index contributed by atoms with van der Waals surface area (Å²) in [4.78, 5) is 18.7.